The second-order valence-electron chi connectivity index (χ2n) is 8.33. The first-order chi connectivity index (χ1) is 16.2. The Kier molecular flexibility index (Phi) is 7.09. The Hall–Kier alpha value is -3.10. The molecule has 1 saturated heterocycles. The molecule has 4 rings (SSSR count). The van der Waals surface area contributed by atoms with Crippen molar-refractivity contribution in [2.24, 2.45) is 0 Å². The van der Waals surface area contributed by atoms with E-state index in [0.717, 1.165) is 22.9 Å². The summed E-state index contributed by atoms with van der Waals surface area (Å²) in [4.78, 5) is 27.4. The molecule has 8 heteroatoms. The first kappa shape index (κ1) is 24.0. The molecule has 2 amide bonds. The second-order valence-corrected chi connectivity index (χ2v) is 11.4. The summed E-state index contributed by atoms with van der Waals surface area (Å²) >= 11 is 1.59. The van der Waals surface area contributed by atoms with Gasteiger partial charge in [0.25, 0.3) is 5.91 Å². The van der Waals surface area contributed by atoms with Gasteiger partial charge in [0.1, 0.15) is 5.37 Å². The molecule has 0 spiro atoms. The number of carbonyl (C=O) groups excluding carboxylic acids is 2. The highest BCUT2D eigenvalue weighted by Gasteiger charge is 2.32. The zero-order valence-electron chi connectivity index (χ0n) is 19.0. The van der Waals surface area contributed by atoms with E-state index in [-0.39, 0.29) is 28.1 Å². The molecular formula is C26H26N2O4S2. The minimum absolute atomic E-state index is 0.0860. The van der Waals surface area contributed by atoms with Crippen LogP contribution in [0.4, 0.5) is 0 Å². The molecule has 3 aromatic rings. The average Bonchev–Trinajstić information content (AvgIpc) is 3.19. The van der Waals surface area contributed by atoms with E-state index >= 15 is 0 Å². The molecule has 34 heavy (non-hydrogen) atoms. The van der Waals surface area contributed by atoms with Crippen molar-refractivity contribution in [3.63, 3.8) is 0 Å². The molecular weight excluding hydrogens is 468 g/mol. The molecule has 176 valence electrons. The Morgan fingerprint density at radius 2 is 1.68 bits per heavy atom. The van der Waals surface area contributed by atoms with Gasteiger partial charge in [-0.25, -0.2) is 8.42 Å². The molecule has 1 heterocycles. The van der Waals surface area contributed by atoms with Crippen LogP contribution in [-0.4, -0.2) is 37.1 Å². The molecule has 0 aromatic heterocycles. The van der Waals surface area contributed by atoms with E-state index in [2.05, 4.69) is 5.32 Å². The zero-order chi connectivity index (χ0) is 24.3. The van der Waals surface area contributed by atoms with Crippen LogP contribution in [0.15, 0.2) is 83.8 Å². The van der Waals surface area contributed by atoms with Crippen LogP contribution in [0.3, 0.4) is 0 Å². The molecule has 1 aliphatic rings. The summed E-state index contributed by atoms with van der Waals surface area (Å²) in [6, 6.07) is 23.5. The van der Waals surface area contributed by atoms with Crippen molar-refractivity contribution >= 4 is 33.4 Å². The normalized spacial score (nSPS) is 16.9. The lowest BCUT2D eigenvalue weighted by Gasteiger charge is -2.24. The standard InChI is InChI=1S/C26H26N2O4S2/c1-18(20-12-14-23(15-13-20)34(2,31)32)27-25(30)21-8-10-22(11-9-21)26-28(24(29)17-33-26)16-19-6-4-3-5-7-19/h3-15,18,26H,16-17H2,1-2H3,(H,27,30)/t18-,26+/m1/s1. The predicted octanol–water partition coefficient (Wildman–Crippen LogP) is 4.36. The first-order valence-electron chi connectivity index (χ1n) is 10.9. The van der Waals surface area contributed by atoms with Crippen LogP contribution in [0.2, 0.25) is 0 Å². The quantitative estimate of drug-likeness (QED) is 0.528. The SMILES string of the molecule is C[C@@H](NC(=O)c1ccc([C@@H]2SCC(=O)N2Cc2ccccc2)cc1)c1ccc(S(C)(=O)=O)cc1. The van der Waals surface area contributed by atoms with E-state index in [4.69, 9.17) is 0 Å². The van der Waals surface area contributed by atoms with E-state index in [0.29, 0.717) is 17.9 Å². The number of sulfone groups is 1. The minimum Gasteiger partial charge on any atom is -0.346 e. The molecule has 0 unspecified atom stereocenters. The highest BCUT2D eigenvalue weighted by molar-refractivity contribution is 8.00. The van der Waals surface area contributed by atoms with Crippen molar-refractivity contribution < 1.29 is 18.0 Å². The molecule has 0 radical (unpaired) electrons. The Morgan fingerprint density at radius 1 is 1.03 bits per heavy atom. The summed E-state index contributed by atoms with van der Waals surface area (Å²) in [7, 11) is -3.26. The smallest absolute Gasteiger partial charge is 0.251 e. The maximum absolute atomic E-state index is 12.8. The zero-order valence-corrected chi connectivity index (χ0v) is 20.6. The summed E-state index contributed by atoms with van der Waals surface area (Å²) in [5.74, 6) is 0.328. The third kappa shape index (κ3) is 5.51. The average molecular weight is 495 g/mol. The molecule has 2 atom stereocenters. The van der Waals surface area contributed by atoms with Gasteiger partial charge in [-0.1, -0.05) is 54.6 Å². The molecule has 6 nitrogen and oxygen atoms in total. The van der Waals surface area contributed by atoms with Gasteiger partial charge >= 0.3 is 0 Å². The van der Waals surface area contributed by atoms with Gasteiger partial charge in [0, 0.05) is 18.4 Å². The number of nitrogens with one attached hydrogen (secondary N) is 1. The maximum atomic E-state index is 12.8. The number of amides is 2. The molecule has 1 N–H and O–H groups in total. The minimum atomic E-state index is -3.26. The topological polar surface area (TPSA) is 83.6 Å². The van der Waals surface area contributed by atoms with Gasteiger partial charge in [0.2, 0.25) is 5.91 Å². The van der Waals surface area contributed by atoms with Crippen LogP contribution < -0.4 is 5.32 Å². The first-order valence-corrected chi connectivity index (χ1v) is 13.8. The van der Waals surface area contributed by atoms with Gasteiger partial charge in [-0.05, 0) is 47.9 Å². The van der Waals surface area contributed by atoms with Crippen LogP contribution in [0.5, 0.6) is 0 Å². The largest absolute Gasteiger partial charge is 0.346 e. The second kappa shape index (κ2) is 10.0. The Bertz CT molecular complexity index is 1270. The van der Waals surface area contributed by atoms with Crippen molar-refractivity contribution in [3.05, 3.63) is 101 Å². The molecule has 0 saturated carbocycles. The maximum Gasteiger partial charge on any atom is 0.251 e. The van der Waals surface area contributed by atoms with Crippen LogP contribution in [0.25, 0.3) is 0 Å². The van der Waals surface area contributed by atoms with E-state index in [1.807, 2.05) is 54.3 Å². The Labute approximate surface area is 204 Å². The van der Waals surface area contributed by atoms with Crippen LogP contribution >= 0.6 is 11.8 Å². The van der Waals surface area contributed by atoms with Crippen molar-refractivity contribution in [2.75, 3.05) is 12.0 Å². The monoisotopic (exact) mass is 494 g/mol. The van der Waals surface area contributed by atoms with Crippen molar-refractivity contribution in [3.8, 4) is 0 Å². The Balaban J connectivity index is 1.42. The predicted molar refractivity (Wildman–Crippen MR) is 134 cm³/mol. The van der Waals surface area contributed by atoms with E-state index in [1.165, 1.54) is 0 Å². The molecule has 3 aromatic carbocycles. The van der Waals surface area contributed by atoms with Gasteiger partial charge in [0.05, 0.1) is 16.7 Å². The molecule has 0 aliphatic carbocycles. The molecule has 1 aliphatic heterocycles. The molecule has 1 fully saturated rings. The van der Waals surface area contributed by atoms with Gasteiger partial charge in [-0.3, -0.25) is 9.59 Å². The van der Waals surface area contributed by atoms with E-state index in [9.17, 15) is 18.0 Å². The molecule has 0 bridgehead atoms. The summed E-state index contributed by atoms with van der Waals surface area (Å²) < 4.78 is 23.3. The van der Waals surface area contributed by atoms with Gasteiger partial charge in [-0.15, -0.1) is 11.8 Å². The van der Waals surface area contributed by atoms with Crippen LogP contribution in [0.1, 0.15) is 45.4 Å². The number of hydrogen-bond donors (Lipinski definition) is 1. The van der Waals surface area contributed by atoms with E-state index < -0.39 is 9.84 Å². The highest BCUT2D eigenvalue weighted by atomic mass is 32.2. The highest BCUT2D eigenvalue weighted by Crippen LogP contribution is 2.39. The van der Waals surface area contributed by atoms with Gasteiger partial charge in [0.15, 0.2) is 9.84 Å². The van der Waals surface area contributed by atoms with Crippen molar-refractivity contribution in [1.82, 2.24) is 10.2 Å². The number of thioether (sulfide) groups is 1. The lowest BCUT2D eigenvalue weighted by atomic mass is 10.1. The lowest BCUT2D eigenvalue weighted by Crippen LogP contribution is -2.28. The third-order valence-corrected chi connectivity index (χ3v) is 8.16. The van der Waals surface area contributed by atoms with Crippen LogP contribution in [-0.2, 0) is 21.2 Å². The van der Waals surface area contributed by atoms with Crippen molar-refractivity contribution in [1.29, 1.82) is 0 Å². The van der Waals surface area contributed by atoms with E-state index in [1.54, 1.807) is 48.2 Å². The van der Waals surface area contributed by atoms with Gasteiger partial charge < -0.3 is 10.2 Å². The number of rotatable bonds is 7. The lowest BCUT2D eigenvalue weighted by molar-refractivity contribution is -0.128. The number of hydrogen-bond acceptors (Lipinski definition) is 5. The summed E-state index contributed by atoms with van der Waals surface area (Å²) in [6.45, 7) is 2.40. The summed E-state index contributed by atoms with van der Waals surface area (Å²) in [6.07, 6.45) is 1.16. The van der Waals surface area contributed by atoms with Crippen molar-refractivity contribution in [2.45, 2.75) is 29.8 Å². The number of nitrogens with zero attached hydrogens (tertiary/aromatic N) is 1. The summed E-state index contributed by atoms with van der Waals surface area (Å²) in [5, 5.41) is 2.86. The van der Waals surface area contributed by atoms with Gasteiger partial charge in [-0.2, -0.15) is 0 Å². The fourth-order valence-electron chi connectivity index (χ4n) is 3.85. The van der Waals surface area contributed by atoms with Crippen LogP contribution in [0, 0.1) is 0 Å². The Morgan fingerprint density at radius 3 is 2.29 bits per heavy atom. The number of benzene rings is 3. The fourth-order valence-corrected chi connectivity index (χ4v) is 5.67. The fraction of sp³-hybridized carbons (Fsp3) is 0.231. The number of carbonyl (C=O) groups is 2. The third-order valence-electron chi connectivity index (χ3n) is 5.78. The summed E-state index contributed by atoms with van der Waals surface area (Å²) in [5.41, 5.74) is 3.40.